The smallest absolute Gasteiger partial charge is 0.0613 e. The van der Waals surface area contributed by atoms with E-state index < -0.39 is 0 Å². The Labute approximate surface area is 86.8 Å². The van der Waals surface area contributed by atoms with Crippen LogP contribution in [-0.4, -0.2) is 37.5 Å². The molecule has 3 nitrogen and oxygen atoms in total. The van der Waals surface area contributed by atoms with Gasteiger partial charge in [-0.05, 0) is 18.8 Å². The molecule has 1 atom stereocenters. The maximum atomic E-state index is 9.37. The normalized spacial score (nSPS) is 22.5. The third-order valence-corrected chi connectivity index (χ3v) is 3.14. The number of methoxy groups -OCH3 is 1. The van der Waals surface area contributed by atoms with Crippen molar-refractivity contribution in [3.05, 3.63) is 0 Å². The van der Waals surface area contributed by atoms with E-state index in [-0.39, 0.29) is 12.1 Å². The van der Waals surface area contributed by atoms with E-state index in [4.69, 9.17) is 4.74 Å². The molecule has 0 aliphatic heterocycles. The van der Waals surface area contributed by atoms with Crippen molar-refractivity contribution in [3.63, 3.8) is 0 Å². The van der Waals surface area contributed by atoms with Gasteiger partial charge in [-0.3, -0.25) is 0 Å². The fraction of sp³-hybridized carbons (Fsp3) is 1.00. The first-order valence-corrected chi connectivity index (χ1v) is 5.57. The van der Waals surface area contributed by atoms with Crippen LogP contribution in [0.3, 0.4) is 0 Å². The number of aliphatic hydroxyl groups excluding tert-OH is 1. The minimum absolute atomic E-state index is 0.0159. The Hall–Kier alpha value is -0.120. The summed E-state index contributed by atoms with van der Waals surface area (Å²) in [5.41, 5.74) is 0.0159. The average Bonchev–Trinajstić information content (AvgIpc) is 2.65. The van der Waals surface area contributed by atoms with E-state index in [1.165, 1.54) is 12.8 Å². The summed E-state index contributed by atoms with van der Waals surface area (Å²) in [6.07, 6.45) is 4.71. The van der Waals surface area contributed by atoms with E-state index in [9.17, 15) is 5.11 Å². The van der Waals surface area contributed by atoms with Crippen molar-refractivity contribution in [3.8, 4) is 0 Å². The lowest BCUT2D eigenvalue weighted by Crippen LogP contribution is -2.48. The van der Waals surface area contributed by atoms with Crippen LogP contribution < -0.4 is 5.32 Å². The zero-order valence-electron chi connectivity index (χ0n) is 9.38. The van der Waals surface area contributed by atoms with Crippen molar-refractivity contribution in [2.45, 2.75) is 38.1 Å². The van der Waals surface area contributed by atoms with Crippen LogP contribution in [0.1, 0.15) is 32.6 Å². The second-order valence-corrected chi connectivity index (χ2v) is 4.59. The Bertz CT molecular complexity index is 155. The number of rotatable bonds is 6. The van der Waals surface area contributed by atoms with Crippen LogP contribution in [0.4, 0.5) is 0 Å². The standard InChI is InChI=1S/C11H23NO2/c1-10(8-14-2)7-12-11(9-13)5-3-4-6-11/h10,12-13H,3-9H2,1-2H3. The molecule has 0 bridgehead atoms. The first-order valence-electron chi connectivity index (χ1n) is 5.57. The molecule has 0 saturated heterocycles. The Morgan fingerprint density at radius 2 is 2.07 bits per heavy atom. The summed E-state index contributed by atoms with van der Waals surface area (Å²) in [6, 6.07) is 0. The van der Waals surface area contributed by atoms with Crippen LogP contribution in [0.2, 0.25) is 0 Å². The van der Waals surface area contributed by atoms with Crippen molar-refractivity contribution in [2.75, 3.05) is 26.9 Å². The van der Waals surface area contributed by atoms with Gasteiger partial charge in [0.25, 0.3) is 0 Å². The topological polar surface area (TPSA) is 41.5 Å². The van der Waals surface area contributed by atoms with E-state index in [1.807, 2.05) is 0 Å². The number of hydrogen-bond donors (Lipinski definition) is 2. The lowest BCUT2D eigenvalue weighted by Gasteiger charge is -2.29. The molecule has 2 N–H and O–H groups in total. The maximum absolute atomic E-state index is 9.37. The Balaban J connectivity index is 2.27. The fourth-order valence-electron chi connectivity index (χ4n) is 2.18. The van der Waals surface area contributed by atoms with Crippen LogP contribution in [-0.2, 0) is 4.74 Å². The van der Waals surface area contributed by atoms with Crippen LogP contribution in [0.5, 0.6) is 0 Å². The van der Waals surface area contributed by atoms with Gasteiger partial charge in [-0.1, -0.05) is 19.8 Å². The first-order chi connectivity index (χ1) is 6.72. The maximum Gasteiger partial charge on any atom is 0.0613 e. The predicted molar refractivity (Wildman–Crippen MR) is 57.3 cm³/mol. The van der Waals surface area contributed by atoms with Crippen LogP contribution in [0, 0.1) is 5.92 Å². The Morgan fingerprint density at radius 3 is 2.57 bits per heavy atom. The molecule has 0 heterocycles. The summed E-state index contributed by atoms with van der Waals surface area (Å²) >= 11 is 0. The summed E-state index contributed by atoms with van der Waals surface area (Å²) in [7, 11) is 1.73. The SMILES string of the molecule is COCC(C)CNC1(CO)CCCC1. The molecular formula is C11H23NO2. The average molecular weight is 201 g/mol. The number of hydrogen-bond acceptors (Lipinski definition) is 3. The van der Waals surface area contributed by atoms with Gasteiger partial charge in [-0.15, -0.1) is 0 Å². The zero-order valence-corrected chi connectivity index (χ0v) is 9.38. The van der Waals surface area contributed by atoms with Gasteiger partial charge in [-0.2, -0.15) is 0 Å². The summed E-state index contributed by atoms with van der Waals surface area (Å²) in [4.78, 5) is 0. The molecule has 14 heavy (non-hydrogen) atoms. The summed E-state index contributed by atoms with van der Waals surface area (Å²) in [5, 5.41) is 12.9. The molecule has 0 radical (unpaired) electrons. The zero-order chi connectivity index (χ0) is 10.4. The van der Waals surface area contributed by atoms with E-state index in [0.29, 0.717) is 5.92 Å². The quantitative estimate of drug-likeness (QED) is 0.677. The number of nitrogens with one attached hydrogen (secondary N) is 1. The fourth-order valence-corrected chi connectivity index (χ4v) is 2.18. The highest BCUT2D eigenvalue weighted by molar-refractivity contribution is 4.92. The molecule has 0 spiro atoms. The van der Waals surface area contributed by atoms with Gasteiger partial charge < -0.3 is 15.2 Å². The first kappa shape index (κ1) is 12.0. The second-order valence-electron chi connectivity index (χ2n) is 4.59. The monoisotopic (exact) mass is 201 g/mol. The number of ether oxygens (including phenoxy) is 1. The highest BCUT2D eigenvalue weighted by Gasteiger charge is 2.32. The van der Waals surface area contributed by atoms with E-state index in [1.54, 1.807) is 7.11 Å². The molecule has 3 heteroatoms. The van der Waals surface area contributed by atoms with E-state index in [2.05, 4.69) is 12.2 Å². The molecule has 1 aliphatic rings. The highest BCUT2D eigenvalue weighted by Crippen LogP contribution is 2.29. The molecule has 84 valence electrons. The second kappa shape index (κ2) is 5.69. The highest BCUT2D eigenvalue weighted by atomic mass is 16.5. The summed E-state index contributed by atoms with van der Waals surface area (Å²) < 4.78 is 5.08. The molecule has 0 aromatic carbocycles. The molecule has 0 aromatic rings. The lowest BCUT2D eigenvalue weighted by molar-refractivity contribution is 0.131. The van der Waals surface area contributed by atoms with Gasteiger partial charge in [0.15, 0.2) is 0 Å². The minimum atomic E-state index is 0.0159. The van der Waals surface area contributed by atoms with Crippen molar-refractivity contribution >= 4 is 0 Å². The molecule has 0 amide bonds. The molecule has 0 aromatic heterocycles. The largest absolute Gasteiger partial charge is 0.394 e. The molecule has 1 aliphatic carbocycles. The van der Waals surface area contributed by atoms with Gasteiger partial charge >= 0.3 is 0 Å². The molecule has 1 unspecified atom stereocenters. The van der Waals surface area contributed by atoms with Crippen molar-refractivity contribution in [1.29, 1.82) is 0 Å². The molecular weight excluding hydrogens is 178 g/mol. The van der Waals surface area contributed by atoms with Gasteiger partial charge in [-0.25, -0.2) is 0 Å². The summed E-state index contributed by atoms with van der Waals surface area (Å²) in [6.45, 7) is 4.16. The third-order valence-electron chi connectivity index (χ3n) is 3.14. The van der Waals surface area contributed by atoms with E-state index >= 15 is 0 Å². The van der Waals surface area contributed by atoms with Crippen LogP contribution in [0.25, 0.3) is 0 Å². The van der Waals surface area contributed by atoms with Crippen molar-refractivity contribution in [2.24, 2.45) is 5.92 Å². The third kappa shape index (κ3) is 3.23. The van der Waals surface area contributed by atoms with Crippen molar-refractivity contribution in [1.82, 2.24) is 5.32 Å². The minimum Gasteiger partial charge on any atom is -0.394 e. The Kier molecular flexibility index (Phi) is 4.85. The van der Waals surface area contributed by atoms with Gasteiger partial charge in [0.05, 0.1) is 6.61 Å². The lowest BCUT2D eigenvalue weighted by atomic mass is 9.98. The van der Waals surface area contributed by atoms with Crippen LogP contribution in [0.15, 0.2) is 0 Å². The summed E-state index contributed by atoms with van der Waals surface area (Å²) in [5.74, 6) is 0.518. The predicted octanol–water partition coefficient (Wildman–Crippen LogP) is 1.16. The Morgan fingerprint density at radius 1 is 1.43 bits per heavy atom. The van der Waals surface area contributed by atoms with Gasteiger partial charge in [0.2, 0.25) is 0 Å². The molecule has 1 fully saturated rings. The molecule has 1 rings (SSSR count). The van der Waals surface area contributed by atoms with Crippen molar-refractivity contribution < 1.29 is 9.84 Å². The van der Waals surface area contributed by atoms with Gasteiger partial charge in [0, 0.05) is 25.8 Å². The molecule has 1 saturated carbocycles. The van der Waals surface area contributed by atoms with E-state index in [0.717, 1.165) is 26.0 Å². The van der Waals surface area contributed by atoms with Gasteiger partial charge in [0.1, 0.15) is 0 Å². The number of aliphatic hydroxyl groups is 1. The van der Waals surface area contributed by atoms with Crippen LogP contribution >= 0.6 is 0 Å².